The van der Waals surface area contributed by atoms with Gasteiger partial charge in [-0.25, -0.2) is 4.98 Å². The summed E-state index contributed by atoms with van der Waals surface area (Å²) in [6.07, 6.45) is 1.47. The molecular weight excluding hydrogens is 465 g/mol. The summed E-state index contributed by atoms with van der Waals surface area (Å²) in [6, 6.07) is 6.61. The van der Waals surface area contributed by atoms with Gasteiger partial charge in [0.05, 0.1) is 10.6 Å². The van der Waals surface area contributed by atoms with E-state index in [2.05, 4.69) is 27.1 Å². The average Bonchev–Trinajstić information content (AvgIpc) is 3.07. The van der Waals surface area contributed by atoms with Crippen molar-refractivity contribution >= 4 is 80.6 Å². The maximum absolute atomic E-state index is 13.1. The van der Waals surface area contributed by atoms with E-state index in [-0.39, 0.29) is 15.8 Å². The summed E-state index contributed by atoms with van der Waals surface area (Å²) in [4.78, 5) is 36.2. The van der Waals surface area contributed by atoms with Gasteiger partial charge in [-0.05, 0) is 49.6 Å². The van der Waals surface area contributed by atoms with E-state index in [0.717, 1.165) is 31.3 Å². The Morgan fingerprint density at radius 2 is 1.80 bits per heavy atom. The molecule has 0 atom stereocenters. The highest BCUT2D eigenvalue weighted by Crippen LogP contribution is 2.33. The van der Waals surface area contributed by atoms with Crippen LogP contribution in [-0.4, -0.2) is 60.0 Å². The number of hydrogen-bond acceptors (Lipinski definition) is 7. The van der Waals surface area contributed by atoms with Crippen molar-refractivity contribution in [3.8, 4) is 0 Å². The van der Waals surface area contributed by atoms with Crippen molar-refractivity contribution in [1.82, 2.24) is 15.2 Å². The summed E-state index contributed by atoms with van der Waals surface area (Å²) in [6.45, 7) is 3.55. The average molecular weight is 482 g/mol. The second-order valence-electron chi connectivity index (χ2n) is 6.88. The van der Waals surface area contributed by atoms with Crippen molar-refractivity contribution in [1.29, 1.82) is 0 Å². The zero-order chi connectivity index (χ0) is 21.4. The fourth-order valence-electron chi connectivity index (χ4n) is 3.14. The van der Waals surface area contributed by atoms with Crippen LogP contribution < -0.4 is 15.1 Å². The number of nitrogens with zero attached hydrogens (tertiary/aromatic N) is 4. The van der Waals surface area contributed by atoms with E-state index in [0.29, 0.717) is 15.6 Å². The Hall–Kier alpha value is -2.04. The zero-order valence-electron chi connectivity index (χ0n) is 15.9. The van der Waals surface area contributed by atoms with Crippen molar-refractivity contribution in [3.05, 3.63) is 44.9 Å². The van der Waals surface area contributed by atoms with E-state index in [4.69, 9.17) is 35.4 Å². The number of likely N-dealkylation sites (N-methyl/N-ethyl adjacent to an activating group) is 1. The number of halogens is 2. The molecule has 0 unspecified atom stereocenters. The molecule has 7 nitrogen and oxygen atoms in total. The lowest BCUT2D eigenvalue weighted by Crippen LogP contribution is -2.54. The van der Waals surface area contributed by atoms with E-state index < -0.39 is 11.8 Å². The van der Waals surface area contributed by atoms with Gasteiger partial charge < -0.3 is 9.80 Å². The molecule has 4 rings (SSSR count). The summed E-state index contributed by atoms with van der Waals surface area (Å²) < 4.78 is 0. The maximum Gasteiger partial charge on any atom is 0.270 e. The van der Waals surface area contributed by atoms with Gasteiger partial charge in [0.1, 0.15) is 10.7 Å². The fourth-order valence-corrected chi connectivity index (χ4v) is 4.80. The number of piperazine rings is 1. The molecule has 0 aliphatic carbocycles. The number of aromatic nitrogens is 1. The molecule has 3 heterocycles. The zero-order valence-corrected chi connectivity index (χ0v) is 19.0. The molecule has 2 saturated heterocycles. The number of carbonyl (C=O) groups excluding carboxylic acids is 2. The van der Waals surface area contributed by atoms with E-state index in [1.807, 2.05) is 0 Å². The van der Waals surface area contributed by atoms with Gasteiger partial charge in [-0.3, -0.25) is 19.8 Å². The van der Waals surface area contributed by atoms with Crippen molar-refractivity contribution in [3.63, 3.8) is 0 Å². The van der Waals surface area contributed by atoms with Gasteiger partial charge in [-0.2, -0.15) is 0 Å². The Morgan fingerprint density at radius 1 is 1.13 bits per heavy atom. The third kappa shape index (κ3) is 4.21. The lowest BCUT2D eigenvalue weighted by molar-refractivity contribution is -0.122. The van der Waals surface area contributed by atoms with Gasteiger partial charge in [0, 0.05) is 31.2 Å². The molecule has 156 valence electrons. The predicted octanol–water partition coefficient (Wildman–Crippen LogP) is 3.03. The smallest absolute Gasteiger partial charge is 0.270 e. The van der Waals surface area contributed by atoms with Gasteiger partial charge in [-0.15, -0.1) is 0 Å². The van der Waals surface area contributed by atoms with Crippen LogP contribution >= 0.6 is 46.8 Å². The van der Waals surface area contributed by atoms with Gasteiger partial charge in [0.2, 0.25) is 0 Å². The number of hydrogen-bond donors (Lipinski definition) is 1. The molecule has 11 heteroatoms. The third-order valence-electron chi connectivity index (χ3n) is 4.83. The summed E-state index contributed by atoms with van der Waals surface area (Å²) in [5.41, 5.74) is 0.447. The quantitative estimate of drug-likeness (QED) is 0.412. The highest BCUT2D eigenvalue weighted by molar-refractivity contribution is 7.80. The number of rotatable bonds is 3. The van der Waals surface area contributed by atoms with E-state index in [9.17, 15) is 9.59 Å². The van der Waals surface area contributed by atoms with Crippen LogP contribution in [0.3, 0.4) is 0 Å². The second-order valence-corrected chi connectivity index (χ2v) is 9.07. The fraction of sp³-hybridized carbons (Fsp3) is 0.263. The van der Waals surface area contributed by atoms with Crippen molar-refractivity contribution in [2.75, 3.05) is 43.0 Å². The first-order valence-corrected chi connectivity index (χ1v) is 11.1. The van der Waals surface area contributed by atoms with Crippen LogP contribution in [0, 0.1) is 0 Å². The largest absolute Gasteiger partial charge is 0.345 e. The van der Waals surface area contributed by atoms with E-state index >= 15 is 0 Å². The molecule has 2 fully saturated rings. The molecule has 1 N–H and O–H groups in total. The standard InChI is InChI=1S/C19H17Cl2N5O2S2/c1-24-6-8-25(9-7-24)19-22-15(21)14(30-19)10-13-16(27)23-18(29)26(17(13)28)12-4-2-11(20)3-5-12/h2-5,10H,6-9H2,1H3,(H,23,27,29)/b13-10+. The topological polar surface area (TPSA) is 68.8 Å². The number of thiocarbonyl (C=S) groups is 1. The molecule has 30 heavy (non-hydrogen) atoms. The van der Waals surface area contributed by atoms with Crippen molar-refractivity contribution in [2.24, 2.45) is 0 Å². The molecular formula is C19H17Cl2N5O2S2. The Kier molecular flexibility index (Phi) is 6.08. The monoisotopic (exact) mass is 481 g/mol. The van der Waals surface area contributed by atoms with E-state index in [1.165, 1.54) is 22.3 Å². The Bertz CT molecular complexity index is 1050. The Balaban J connectivity index is 1.63. The first-order chi connectivity index (χ1) is 14.3. The molecule has 2 aliphatic rings. The van der Waals surface area contributed by atoms with Crippen molar-refractivity contribution < 1.29 is 9.59 Å². The molecule has 2 aliphatic heterocycles. The second kappa shape index (κ2) is 8.60. The first-order valence-electron chi connectivity index (χ1n) is 9.10. The predicted molar refractivity (Wildman–Crippen MR) is 124 cm³/mol. The van der Waals surface area contributed by atoms with Crippen LogP contribution in [0.2, 0.25) is 10.2 Å². The van der Waals surface area contributed by atoms with Crippen LogP contribution in [0.5, 0.6) is 0 Å². The number of nitrogens with one attached hydrogen (secondary N) is 1. The van der Waals surface area contributed by atoms with Gasteiger partial charge in [-0.1, -0.05) is 34.5 Å². The number of carbonyl (C=O) groups is 2. The van der Waals surface area contributed by atoms with Crippen molar-refractivity contribution in [2.45, 2.75) is 0 Å². The lowest BCUT2D eigenvalue weighted by atomic mass is 10.1. The first kappa shape index (κ1) is 21.2. The minimum atomic E-state index is -0.569. The van der Waals surface area contributed by atoms with Gasteiger partial charge in [0.15, 0.2) is 10.2 Å². The molecule has 2 amide bonds. The van der Waals surface area contributed by atoms with Crippen LogP contribution in [0.4, 0.5) is 10.8 Å². The van der Waals surface area contributed by atoms with Gasteiger partial charge in [0.25, 0.3) is 11.8 Å². The third-order valence-corrected chi connectivity index (χ3v) is 6.83. The molecule has 0 spiro atoms. The SMILES string of the molecule is CN1CCN(c2nc(Cl)c(/C=C3\C(=O)NC(=S)N(c4ccc(Cl)cc4)C3=O)s2)CC1. The van der Waals surface area contributed by atoms with Crippen LogP contribution in [0.1, 0.15) is 4.88 Å². The Morgan fingerprint density at radius 3 is 2.47 bits per heavy atom. The molecule has 0 radical (unpaired) electrons. The molecule has 0 saturated carbocycles. The van der Waals surface area contributed by atoms with Crippen LogP contribution in [-0.2, 0) is 9.59 Å². The van der Waals surface area contributed by atoms with Crippen LogP contribution in [0.25, 0.3) is 6.08 Å². The lowest BCUT2D eigenvalue weighted by Gasteiger charge is -2.32. The highest BCUT2D eigenvalue weighted by Gasteiger charge is 2.35. The molecule has 1 aromatic carbocycles. The normalized spacial score (nSPS) is 19.6. The number of benzene rings is 1. The van der Waals surface area contributed by atoms with Gasteiger partial charge >= 0.3 is 0 Å². The van der Waals surface area contributed by atoms with Crippen LogP contribution in [0.15, 0.2) is 29.8 Å². The minimum absolute atomic E-state index is 0.0120. The molecule has 1 aromatic heterocycles. The summed E-state index contributed by atoms with van der Waals surface area (Å²) in [7, 11) is 2.08. The maximum atomic E-state index is 13.1. The number of anilines is 2. The molecule has 0 bridgehead atoms. The molecule has 2 aromatic rings. The minimum Gasteiger partial charge on any atom is -0.345 e. The number of thiazole rings is 1. The summed E-state index contributed by atoms with van der Waals surface area (Å²) >= 11 is 18.8. The Labute approximate surface area is 192 Å². The number of amides is 2. The summed E-state index contributed by atoms with van der Waals surface area (Å²) in [5, 5.41) is 4.13. The van der Waals surface area contributed by atoms with E-state index in [1.54, 1.807) is 24.3 Å². The summed E-state index contributed by atoms with van der Waals surface area (Å²) in [5.74, 6) is -1.10. The highest BCUT2D eigenvalue weighted by atomic mass is 35.5.